The smallest absolute Gasteiger partial charge is 0.240 e. The van der Waals surface area contributed by atoms with Crippen LogP contribution in [-0.4, -0.2) is 21.0 Å². The standard InChI is InChI=1S/C16H26N2O2S/c1-3-16(17-4-2)13-8-7-11-15(12-13)21(19,20)18-14-9-5-6-10-14/h7-8,11-12,14,16-18H,3-6,9-10H2,1-2H3. The zero-order chi connectivity index (χ0) is 15.3. The van der Waals surface area contributed by atoms with Crippen molar-refractivity contribution in [3.63, 3.8) is 0 Å². The molecule has 1 aliphatic carbocycles. The van der Waals surface area contributed by atoms with E-state index in [0.717, 1.165) is 44.2 Å². The Morgan fingerprint density at radius 1 is 1.24 bits per heavy atom. The van der Waals surface area contributed by atoms with Crippen molar-refractivity contribution >= 4 is 10.0 Å². The maximum atomic E-state index is 12.5. The van der Waals surface area contributed by atoms with Gasteiger partial charge in [-0.2, -0.15) is 0 Å². The Labute approximate surface area is 128 Å². The van der Waals surface area contributed by atoms with Crippen LogP contribution in [-0.2, 0) is 10.0 Å². The molecular weight excluding hydrogens is 284 g/mol. The topological polar surface area (TPSA) is 58.2 Å². The Kier molecular flexibility index (Phi) is 5.79. The fraction of sp³-hybridized carbons (Fsp3) is 0.625. The summed E-state index contributed by atoms with van der Waals surface area (Å²) in [4.78, 5) is 0.378. The number of benzene rings is 1. The van der Waals surface area contributed by atoms with Gasteiger partial charge in [-0.05, 0) is 43.5 Å². The van der Waals surface area contributed by atoms with Gasteiger partial charge < -0.3 is 5.32 Å². The minimum Gasteiger partial charge on any atom is -0.310 e. The number of sulfonamides is 1. The second-order valence-corrected chi connectivity index (χ2v) is 7.41. The first-order valence-corrected chi connectivity index (χ1v) is 9.40. The molecule has 1 fully saturated rings. The summed E-state index contributed by atoms with van der Waals surface area (Å²) in [7, 11) is -3.40. The first kappa shape index (κ1) is 16.5. The van der Waals surface area contributed by atoms with Crippen LogP contribution in [0.2, 0.25) is 0 Å². The molecule has 0 bridgehead atoms. The first-order chi connectivity index (χ1) is 10.1. The molecule has 0 spiro atoms. The van der Waals surface area contributed by atoms with Gasteiger partial charge in [-0.15, -0.1) is 0 Å². The molecule has 2 rings (SSSR count). The van der Waals surface area contributed by atoms with Crippen molar-refractivity contribution in [1.29, 1.82) is 0 Å². The van der Waals surface area contributed by atoms with Gasteiger partial charge in [0.05, 0.1) is 4.90 Å². The quantitative estimate of drug-likeness (QED) is 0.814. The second kappa shape index (κ2) is 7.38. The van der Waals surface area contributed by atoms with Crippen LogP contribution in [0.1, 0.15) is 57.6 Å². The lowest BCUT2D eigenvalue weighted by Crippen LogP contribution is -2.32. The molecule has 1 atom stereocenters. The lowest BCUT2D eigenvalue weighted by molar-refractivity contribution is 0.534. The summed E-state index contributed by atoms with van der Waals surface area (Å²) in [6, 6.07) is 7.61. The molecule has 4 nitrogen and oxygen atoms in total. The number of rotatable bonds is 7. The van der Waals surface area contributed by atoms with Crippen LogP contribution in [0.15, 0.2) is 29.2 Å². The van der Waals surface area contributed by atoms with Crippen molar-refractivity contribution < 1.29 is 8.42 Å². The third kappa shape index (κ3) is 4.28. The van der Waals surface area contributed by atoms with Gasteiger partial charge in [-0.1, -0.05) is 38.8 Å². The molecule has 1 aromatic carbocycles. The van der Waals surface area contributed by atoms with Crippen LogP contribution in [0, 0.1) is 0 Å². The predicted octanol–water partition coefficient (Wildman–Crippen LogP) is 2.97. The summed E-state index contributed by atoms with van der Waals surface area (Å²) in [5.41, 5.74) is 1.04. The molecule has 0 saturated heterocycles. The molecule has 21 heavy (non-hydrogen) atoms. The zero-order valence-electron chi connectivity index (χ0n) is 12.9. The monoisotopic (exact) mass is 310 g/mol. The Morgan fingerprint density at radius 2 is 1.95 bits per heavy atom. The fourth-order valence-corrected chi connectivity index (χ4v) is 4.33. The van der Waals surface area contributed by atoms with Gasteiger partial charge in [0.2, 0.25) is 10.0 Å². The van der Waals surface area contributed by atoms with E-state index in [1.807, 2.05) is 12.1 Å². The Hall–Kier alpha value is -0.910. The fourth-order valence-electron chi connectivity index (χ4n) is 2.97. The average molecular weight is 310 g/mol. The summed E-state index contributed by atoms with van der Waals surface area (Å²) in [6.45, 7) is 5.03. The van der Waals surface area contributed by atoms with Crippen molar-refractivity contribution in [2.75, 3.05) is 6.54 Å². The third-order valence-electron chi connectivity index (χ3n) is 4.11. The molecule has 1 aromatic rings. The highest BCUT2D eigenvalue weighted by atomic mass is 32.2. The molecule has 1 unspecified atom stereocenters. The van der Waals surface area contributed by atoms with Crippen molar-refractivity contribution in [3.05, 3.63) is 29.8 Å². The van der Waals surface area contributed by atoms with E-state index in [-0.39, 0.29) is 12.1 Å². The lowest BCUT2D eigenvalue weighted by atomic mass is 10.0. The summed E-state index contributed by atoms with van der Waals surface area (Å²) >= 11 is 0. The predicted molar refractivity (Wildman–Crippen MR) is 85.7 cm³/mol. The highest BCUT2D eigenvalue weighted by molar-refractivity contribution is 7.89. The molecule has 0 aliphatic heterocycles. The molecule has 2 N–H and O–H groups in total. The van der Waals surface area contributed by atoms with Crippen LogP contribution in [0.3, 0.4) is 0 Å². The Balaban J connectivity index is 2.18. The number of nitrogens with one attached hydrogen (secondary N) is 2. The number of hydrogen-bond donors (Lipinski definition) is 2. The zero-order valence-corrected chi connectivity index (χ0v) is 13.7. The van der Waals surface area contributed by atoms with Gasteiger partial charge in [0, 0.05) is 12.1 Å². The largest absolute Gasteiger partial charge is 0.310 e. The molecule has 1 saturated carbocycles. The molecule has 0 aromatic heterocycles. The van der Waals surface area contributed by atoms with Gasteiger partial charge in [0.1, 0.15) is 0 Å². The average Bonchev–Trinajstić information content (AvgIpc) is 2.97. The van der Waals surface area contributed by atoms with E-state index < -0.39 is 10.0 Å². The van der Waals surface area contributed by atoms with Crippen molar-refractivity contribution in [2.24, 2.45) is 0 Å². The van der Waals surface area contributed by atoms with Crippen LogP contribution >= 0.6 is 0 Å². The summed E-state index contributed by atoms with van der Waals surface area (Å²) in [6.07, 6.45) is 5.08. The van der Waals surface area contributed by atoms with Crippen LogP contribution in [0.25, 0.3) is 0 Å². The minimum atomic E-state index is -3.40. The summed E-state index contributed by atoms with van der Waals surface area (Å²) < 4.78 is 27.8. The van der Waals surface area contributed by atoms with E-state index in [1.165, 1.54) is 0 Å². The normalized spacial score (nSPS) is 18.0. The Bertz CT molecular complexity index is 551. The van der Waals surface area contributed by atoms with E-state index >= 15 is 0 Å². The summed E-state index contributed by atoms with van der Waals surface area (Å²) in [5.74, 6) is 0. The van der Waals surface area contributed by atoms with Crippen LogP contribution in [0.5, 0.6) is 0 Å². The number of hydrogen-bond acceptors (Lipinski definition) is 3. The molecule has 118 valence electrons. The minimum absolute atomic E-state index is 0.106. The van der Waals surface area contributed by atoms with E-state index in [4.69, 9.17) is 0 Å². The van der Waals surface area contributed by atoms with E-state index in [2.05, 4.69) is 23.9 Å². The molecule has 0 amide bonds. The van der Waals surface area contributed by atoms with Gasteiger partial charge in [0.15, 0.2) is 0 Å². The van der Waals surface area contributed by atoms with Gasteiger partial charge in [-0.3, -0.25) is 0 Å². The highest BCUT2D eigenvalue weighted by Crippen LogP contribution is 2.23. The second-order valence-electron chi connectivity index (χ2n) is 5.69. The summed E-state index contributed by atoms with van der Waals surface area (Å²) in [5, 5.41) is 3.39. The van der Waals surface area contributed by atoms with E-state index in [9.17, 15) is 8.42 Å². The van der Waals surface area contributed by atoms with Crippen molar-refractivity contribution in [1.82, 2.24) is 10.0 Å². The van der Waals surface area contributed by atoms with Crippen molar-refractivity contribution in [2.45, 2.75) is 62.9 Å². The van der Waals surface area contributed by atoms with Crippen molar-refractivity contribution in [3.8, 4) is 0 Å². The molecule has 0 heterocycles. The molecular formula is C16H26N2O2S. The molecule has 0 radical (unpaired) electrons. The van der Waals surface area contributed by atoms with Gasteiger partial charge >= 0.3 is 0 Å². The van der Waals surface area contributed by atoms with Gasteiger partial charge in [-0.25, -0.2) is 13.1 Å². The van der Waals surface area contributed by atoms with E-state index in [1.54, 1.807) is 12.1 Å². The highest BCUT2D eigenvalue weighted by Gasteiger charge is 2.23. The SMILES string of the molecule is CCNC(CC)c1cccc(S(=O)(=O)NC2CCCC2)c1. The maximum Gasteiger partial charge on any atom is 0.240 e. The molecule has 1 aliphatic rings. The first-order valence-electron chi connectivity index (χ1n) is 7.92. The van der Waals surface area contributed by atoms with Gasteiger partial charge in [0.25, 0.3) is 0 Å². The third-order valence-corrected chi connectivity index (χ3v) is 5.62. The van der Waals surface area contributed by atoms with E-state index in [0.29, 0.717) is 4.90 Å². The van der Waals surface area contributed by atoms with Crippen LogP contribution < -0.4 is 10.0 Å². The van der Waals surface area contributed by atoms with Crippen LogP contribution in [0.4, 0.5) is 0 Å². The molecule has 5 heteroatoms. The Morgan fingerprint density at radius 3 is 2.57 bits per heavy atom. The maximum absolute atomic E-state index is 12.5. The lowest BCUT2D eigenvalue weighted by Gasteiger charge is -2.18.